The Morgan fingerprint density at radius 2 is 1.96 bits per heavy atom. The summed E-state index contributed by atoms with van der Waals surface area (Å²) in [4.78, 5) is 9.26. The number of phenolic OH excluding ortho intramolecular Hbond substituents is 1. The molecule has 0 saturated carbocycles. The summed E-state index contributed by atoms with van der Waals surface area (Å²) in [6, 6.07) is 7.53. The van der Waals surface area contributed by atoms with Crippen molar-refractivity contribution in [2.75, 3.05) is 50.8 Å². The summed E-state index contributed by atoms with van der Waals surface area (Å²) >= 11 is 0. The van der Waals surface area contributed by atoms with E-state index in [-0.39, 0.29) is 6.10 Å². The van der Waals surface area contributed by atoms with Gasteiger partial charge in [0, 0.05) is 45.9 Å². The molecule has 0 aliphatic carbocycles. The fourth-order valence-corrected chi connectivity index (χ4v) is 2.89. The summed E-state index contributed by atoms with van der Waals surface area (Å²) in [7, 11) is 0. The van der Waals surface area contributed by atoms with Gasteiger partial charge >= 0.3 is 0 Å². The zero-order valence-electron chi connectivity index (χ0n) is 15.7. The number of para-hydroxylation sites is 2. The molecule has 0 aromatic heterocycles. The van der Waals surface area contributed by atoms with Gasteiger partial charge in [0.25, 0.3) is 0 Å². The third-order valence-electron chi connectivity index (χ3n) is 4.15. The van der Waals surface area contributed by atoms with Crippen LogP contribution in [0.15, 0.2) is 29.3 Å². The lowest BCUT2D eigenvalue weighted by molar-refractivity contribution is 0.0782. The number of hydrogen-bond acceptors (Lipinski definition) is 4. The number of rotatable bonds is 7. The molecule has 1 aliphatic heterocycles. The molecule has 1 aliphatic rings. The van der Waals surface area contributed by atoms with E-state index in [4.69, 9.17) is 9.73 Å². The van der Waals surface area contributed by atoms with Gasteiger partial charge in [-0.3, -0.25) is 4.99 Å². The smallest absolute Gasteiger partial charge is 0.194 e. The summed E-state index contributed by atoms with van der Waals surface area (Å²) in [5, 5.41) is 13.4. The molecule has 0 spiro atoms. The maximum Gasteiger partial charge on any atom is 0.194 e. The maximum absolute atomic E-state index is 10.0. The second kappa shape index (κ2) is 10.1. The highest BCUT2D eigenvalue weighted by atomic mass is 16.5. The van der Waals surface area contributed by atoms with Gasteiger partial charge in [0.2, 0.25) is 0 Å². The molecule has 1 heterocycles. The van der Waals surface area contributed by atoms with Crippen molar-refractivity contribution in [1.82, 2.24) is 10.2 Å². The highest BCUT2D eigenvalue weighted by molar-refractivity contribution is 5.80. The van der Waals surface area contributed by atoms with Gasteiger partial charge in [-0.2, -0.15) is 0 Å². The van der Waals surface area contributed by atoms with Gasteiger partial charge in [0.05, 0.1) is 11.8 Å². The van der Waals surface area contributed by atoms with E-state index in [2.05, 4.69) is 35.9 Å². The predicted octanol–water partition coefficient (Wildman–Crippen LogP) is 2.29. The highest BCUT2D eigenvalue weighted by Gasteiger charge is 2.21. The van der Waals surface area contributed by atoms with E-state index in [1.165, 1.54) is 0 Å². The minimum absolute atomic E-state index is 0.277. The third-order valence-corrected chi connectivity index (χ3v) is 4.15. The molecule has 6 nitrogen and oxygen atoms in total. The Labute approximate surface area is 151 Å². The highest BCUT2D eigenvalue weighted by Crippen LogP contribution is 2.27. The standard InChI is InChI=1S/C19H32N4O2/c1-4-20-19(21-10-7-15-25-16(2)3)23-13-11-22(12-14-23)17-8-5-6-9-18(17)24/h5-6,8-9,16,24H,4,7,10-15H2,1-3H3,(H,20,21). The van der Waals surface area contributed by atoms with Crippen LogP contribution in [0, 0.1) is 0 Å². The minimum Gasteiger partial charge on any atom is -0.506 e. The molecule has 1 saturated heterocycles. The number of benzene rings is 1. The molecular weight excluding hydrogens is 316 g/mol. The Balaban J connectivity index is 1.86. The SMILES string of the molecule is CCNC(=NCCCOC(C)C)N1CCN(c2ccccc2O)CC1. The molecule has 0 bridgehead atoms. The fraction of sp³-hybridized carbons (Fsp3) is 0.632. The predicted molar refractivity (Wildman–Crippen MR) is 104 cm³/mol. The molecule has 2 N–H and O–H groups in total. The Kier molecular flexibility index (Phi) is 7.85. The summed E-state index contributed by atoms with van der Waals surface area (Å²) in [5.41, 5.74) is 0.912. The van der Waals surface area contributed by atoms with E-state index in [1.54, 1.807) is 6.07 Å². The first-order valence-electron chi connectivity index (χ1n) is 9.29. The molecule has 1 fully saturated rings. The lowest BCUT2D eigenvalue weighted by Crippen LogP contribution is -2.52. The van der Waals surface area contributed by atoms with Gasteiger partial charge in [-0.15, -0.1) is 0 Å². The van der Waals surface area contributed by atoms with Crippen LogP contribution in [0.25, 0.3) is 0 Å². The number of piperazine rings is 1. The van der Waals surface area contributed by atoms with Crippen molar-refractivity contribution in [2.45, 2.75) is 33.3 Å². The lowest BCUT2D eigenvalue weighted by Gasteiger charge is -2.37. The Morgan fingerprint density at radius 3 is 2.60 bits per heavy atom. The van der Waals surface area contributed by atoms with Crippen LogP contribution in [-0.2, 0) is 4.74 Å². The van der Waals surface area contributed by atoms with Crippen LogP contribution < -0.4 is 10.2 Å². The topological polar surface area (TPSA) is 60.3 Å². The van der Waals surface area contributed by atoms with Crippen LogP contribution in [0.3, 0.4) is 0 Å². The second-order valence-electron chi connectivity index (χ2n) is 6.47. The van der Waals surface area contributed by atoms with E-state index in [0.717, 1.165) is 63.9 Å². The number of hydrogen-bond donors (Lipinski definition) is 2. The number of nitrogens with one attached hydrogen (secondary N) is 1. The average molecular weight is 348 g/mol. The van der Waals surface area contributed by atoms with Gasteiger partial charge < -0.3 is 25.0 Å². The van der Waals surface area contributed by atoms with Crippen molar-refractivity contribution < 1.29 is 9.84 Å². The molecule has 140 valence electrons. The molecule has 6 heteroatoms. The zero-order chi connectivity index (χ0) is 18.1. The van der Waals surface area contributed by atoms with Crippen LogP contribution in [0.4, 0.5) is 5.69 Å². The zero-order valence-corrected chi connectivity index (χ0v) is 15.7. The minimum atomic E-state index is 0.277. The summed E-state index contributed by atoms with van der Waals surface area (Å²) < 4.78 is 5.57. The number of ether oxygens (including phenoxy) is 1. The first-order valence-corrected chi connectivity index (χ1v) is 9.29. The molecule has 0 unspecified atom stereocenters. The monoisotopic (exact) mass is 348 g/mol. The molecule has 0 atom stereocenters. The van der Waals surface area contributed by atoms with Crippen LogP contribution in [0.1, 0.15) is 27.2 Å². The third kappa shape index (κ3) is 6.12. The summed E-state index contributed by atoms with van der Waals surface area (Å²) in [6.07, 6.45) is 1.21. The molecule has 25 heavy (non-hydrogen) atoms. The van der Waals surface area contributed by atoms with E-state index in [0.29, 0.717) is 5.75 Å². The normalized spacial score (nSPS) is 15.8. The van der Waals surface area contributed by atoms with Crippen LogP contribution in [-0.4, -0.2) is 67.9 Å². The van der Waals surface area contributed by atoms with Crippen molar-refractivity contribution in [3.63, 3.8) is 0 Å². The van der Waals surface area contributed by atoms with Crippen molar-refractivity contribution in [2.24, 2.45) is 4.99 Å². The Bertz CT molecular complexity index is 540. The van der Waals surface area contributed by atoms with Crippen molar-refractivity contribution in [1.29, 1.82) is 0 Å². The van der Waals surface area contributed by atoms with Gasteiger partial charge in [0.1, 0.15) is 5.75 Å². The largest absolute Gasteiger partial charge is 0.506 e. The molecule has 1 aromatic rings. The summed E-state index contributed by atoms with van der Waals surface area (Å²) in [5.74, 6) is 1.32. The Morgan fingerprint density at radius 1 is 1.24 bits per heavy atom. The first kappa shape index (κ1) is 19.4. The van der Waals surface area contributed by atoms with Gasteiger partial charge in [0.15, 0.2) is 5.96 Å². The van der Waals surface area contributed by atoms with Gasteiger partial charge in [-0.1, -0.05) is 12.1 Å². The molecule has 0 amide bonds. The van der Waals surface area contributed by atoms with Crippen LogP contribution >= 0.6 is 0 Å². The second-order valence-corrected chi connectivity index (χ2v) is 6.47. The quantitative estimate of drug-likeness (QED) is 0.450. The number of guanidine groups is 1. The lowest BCUT2D eigenvalue weighted by atomic mass is 10.2. The van der Waals surface area contributed by atoms with E-state index in [1.807, 2.05) is 18.2 Å². The molecule has 1 aromatic carbocycles. The number of anilines is 1. The summed E-state index contributed by atoms with van der Waals surface area (Å²) in [6.45, 7) is 12.1. The number of phenols is 1. The van der Waals surface area contributed by atoms with E-state index < -0.39 is 0 Å². The van der Waals surface area contributed by atoms with Crippen molar-refractivity contribution in [3.05, 3.63) is 24.3 Å². The van der Waals surface area contributed by atoms with Crippen LogP contribution in [0.5, 0.6) is 5.75 Å². The van der Waals surface area contributed by atoms with E-state index in [9.17, 15) is 5.11 Å². The van der Waals surface area contributed by atoms with Gasteiger partial charge in [-0.05, 0) is 39.3 Å². The van der Waals surface area contributed by atoms with Crippen molar-refractivity contribution in [3.8, 4) is 5.75 Å². The maximum atomic E-state index is 10.0. The number of aromatic hydroxyl groups is 1. The van der Waals surface area contributed by atoms with Gasteiger partial charge in [-0.25, -0.2) is 0 Å². The fourth-order valence-electron chi connectivity index (χ4n) is 2.89. The van der Waals surface area contributed by atoms with Crippen LogP contribution in [0.2, 0.25) is 0 Å². The molecule has 2 rings (SSSR count). The molecule has 0 radical (unpaired) electrons. The number of nitrogens with zero attached hydrogens (tertiary/aromatic N) is 3. The average Bonchev–Trinajstić information content (AvgIpc) is 2.61. The number of aliphatic imine (C=N–C) groups is 1. The Hall–Kier alpha value is -1.95. The van der Waals surface area contributed by atoms with E-state index >= 15 is 0 Å². The van der Waals surface area contributed by atoms with Crippen molar-refractivity contribution >= 4 is 11.6 Å². The first-order chi connectivity index (χ1) is 12.1. The molecular formula is C19H32N4O2.